The number of piperidine rings is 1. The summed E-state index contributed by atoms with van der Waals surface area (Å²) in [6.07, 6.45) is 6.68. The minimum absolute atomic E-state index is 0.171. The Hall–Kier alpha value is -2.11. The maximum Gasteiger partial charge on any atom is 0.239 e. The summed E-state index contributed by atoms with van der Waals surface area (Å²) in [6, 6.07) is 13.0. The normalized spacial score (nSPS) is 19.4. The number of rotatable bonds is 7. The van der Waals surface area contributed by atoms with Crippen LogP contribution in [0, 0.1) is 0 Å². The number of amides is 1. The minimum Gasteiger partial charge on any atom is -0.361 e. The molecule has 5 heteroatoms. The first-order valence-corrected chi connectivity index (χ1v) is 11.7. The van der Waals surface area contributed by atoms with Crippen LogP contribution >= 0.6 is 11.3 Å². The van der Waals surface area contributed by atoms with Crippen LogP contribution < -0.4 is 5.32 Å². The molecule has 0 bridgehead atoms. The summed E-state index contributed by atoms with van der Waals surface area (Å²) in [6.45, 7) is 5.86. The summed E-state index contributed by atoms with van der Waals surface area (Å²) in [5.74, 6) is 0.477. The summed E-state index contributed by atoms with van der Waals surface area (Å²) in [4.78, 5) is 20.0. The van der Waals surface area contributed by atoms with Gasteiger partial charge in [0.1, 0.15) is 0 Å². The number of aromatic nitrogens is 1. The molecule has 1 aromatic carbocycles. The van der Waals surface area contributed by atoms with Gasteiger partial charge in [-0.1, -0.05) is 31.2 Å². The largest absolute Gasteiger partial charge is 0.361 e. The Kier molecular flexibility index (Phi) is 6.36. The second kappa shape index (κ2) is 9.14. The Morgan fingerprint density at radius 1 is 1.28 bits per heavy atom. The first kappa shape index (κ1) is 20.2. The Morgan fingerprint density at radius 3 is 2.93 bits per heavy atom. The third-order valence-corrected chi connectivity index (χ3v) is 7.25. The second-order valence-electron chi connectivity index (χ2n) is 8.08. The third kappa shape index (κ3) is 4.26. The van der Waals surface area contributed by atoms with E-state index in [0.717, 1.165) is 37.9 Å². The maximum atomic E-state index is 13.1. The standard InChI is InChI=1S/C24H31N3OS/c1-3-18-9-6-7-13-27(18)24(28)17(2)25-16-21(23-12-8-14-29-23)20-15-26-22-11-5-4-10-19(20)22/h4-5,8,10-12,14-15,17-18,21,25-26H,3,6-7,9,13,16H2,1-2H3. The molecule has 29 heavy (non-hydrogen) atoms. The zero-order valence-corrected chi connectivity index (χ0v) is 18.2. The van der Waals surface area contributed by atoms with E-state index in [1.807, 2.05) is 6.92 Å². The number of thiophene rings is 1. The molecule has 1 aliphatic heterocycles. The number of hydrogen-bond acceptors (Lipinski definition) is 3. The van der Waals surface area contributed by atoms with Crippen molar-refractivity contribution in [2.24, 2.45) is 0 Å². The van der Waals surface area contributed by atoms with E-state index in [4.69, 9.17) is 0 Å². The molecular formula is C24H31N3OS. The predicted octanol–water partition coefficient (Wildman–Crippen LogP) is 5.13. The number of hydrogen-bond donors (Lipinski definition) is 2. The number of carbonyl (C=O) groups excluding carboxylic acids is 1. The minimum atomic E-state index is -0.171. The number of para-hydroxylation sites is 1. The van der Waals surface area contributed by atoms with Gasteiger partial charge in [-0.15, -0.1) is 11.3 Å². The van der Waals surface area contributed by atoms with E-state index in [1.54, 1.807) is 11.3 Å². The summed E-state index contributed by atoms with van der Waals surface area (Å²) >= 11 is 1.78. The van der Waals surface area contributed by atoms with Crippen molar-refractivity contribution in [2.75, 3.05) is 13.1 Å². The topological polar surface area (TPSA) is 48.1 Å². The fourth-order valence-electron chi connectivity index (χ4n) is 4.58. The molecule has 2 aromatic heterocycles. The molecule has 2 N–H and O–H groups in total. The van der Waals surface area contributed by atoms with E-state index < -0.39 is 0 Å². The fourth-order valence-corrected chi connectivity index (χ4v) is 5.43. The average molecular weight is 410 g/mol. The van der Waals surface area contributed by atoms with Crippen molar-refractivity contribution >= 4 is 28.1 Å². The van der Waals surface area contributed by atoms with E-state index in [0.29, 0.717) is 6.04 Å². The second-order valence-corrected chi connectivity index (χ2v) is 9.06. The van der Waals surface area contributed by atoms with Crippen LogP contribution in [0.3, 0.4) is 0 Å². The highest BCUT2D eigenvalue weighted by atomic mass is 32.1. The van der Waals surface area contributed by atoms with Crippen LogP contribution in [0.4, 0.5) is 0 Å². The van der Waals surface area contributed by atoms with Gasteiger partial charge in [0.15, 0.2) is 0 Å². The van der Waals surface area contributed by atoms with Gasteiger partial charge in [0.2, 0.25) is 5.91 Å². The molecular weight excluding hydrogens is 378 g/mol. The molecule has 1 aliphatic rings. The van der Waals surface area contributed by atoms with E-state index >= 15 is 0 Å². The molecule has 0 saturated carbocycles. The highest BCUT2D eigenvalue weighted by Gasteiger charge is 2.29. The third-order valence-electron chi connectivity index (χ3n) is 6.26. The van der Waals surface area contributed by atoms with Gasteiger partial charge in [0.05, 0.1) is 6.04 Å². The molecule has 3 aromatic rings. The van der Waals surface area contributed by atoms with Gasteiger partial charge >= 0.3 is 0 Å². The van der Waals surface area contributed by atoms with Gasteiger partial charge in [-0.2, -0.15) is 0 Å². The number of carbonyl (C=O) groups is 1. The van der Waals surface area contributed by atoms with Gasteiger partial charge in [0.25, 0.3) is 0 Å². The van der Waals surface area contributed by atoms with Gasteiger partial charge in [-0.3, -0.25) is 4.79 Å². The Labute approximate surface area is 177 Å². The molecule has 0 aliphatic carbocycles. The molecule has 4 nitrogen and oxygen atoms in total. The van der Waals surface area contributed by atoms with Crippen molar-refractivity contribution in [3.63, 3.8) is 0 Å². The van der Waals surface area contributed by atoms with Crippen LogP contribution in [-0.2, 0) is 4.79 Å². The molecule has 3 unspecified atom stereocenters. The average Bonchev–Trinajstić information content (AvgIpc) is 3.44. The van der Waals surface area contributed by atoms with Crippen LogP contribution in [0.1, 0.15) is 55.9 Å². The van der Waals surface area contributed by atoms with Gasteiger partial charge in [-0.25, -0.2) is 0 Å². The van der Waals surface area contributed by atoms with E-state index in [-0.39, 0.29) is 17.9 Å². The molecule has 1 fully saturated rings. The first-order chi connectivity index (χ1) is 14.2. The number of H-pyrrole nitrogens is 1. The van der Waals surface area contributed by atoms with Crippen molar-refractivity contribution in [3.05, 3.63) is 58.4 Å². The molecule has 0 spiro atoms. The first-order valence-electron chi connectivity index (χ1n) is 10.8. The van der Waals surface area contributed by atoms with E-state index in [9.17, 15) is 4.79 Å². The fraction of sp³-hybridized carbons (Fsp3) is 0.458. The van der Waals surface area contributed by atoms with Crippen molar-refractivity contribution in [1.82, 2.24) is 15.2 Å². The van der Waals surface area contributed by atoms with Crippen LogP contribution in [0.2, 0.25) is 0 Å². The van der Waals surface area contributed by atoms with Crippen LogP contribution in [0.15, 0.2) is 48.0 Å². The van der Waals surface area contributed by atoms with Crippen molar-refractivity contribution in [1.29, 1.82) is 0 Å². The van der Waals surface area contributed by atoms with Gasteiger partial charge in [0, 0.05) is 47.0 Å². The Bertz CT molecular complexity index is 933. The summed E-state index contributed by atoms with van der Waals surface area (Å²) < 4.78 is 0. The van der Waals surface area contributed by atoms with Gasteiger partial charge in [-0.05, 0) is 55.7 Å². The highest BCUT2D eigenvalue weighted by Crippen LogP contribution is 2.33. The maximum absolute atomic E-state index is 13.1. The lowest BCUT2D eigenvalue weighted by atomic mass is 9.96. The molecule has 3 heterocycles. The lowest BCUT2D eigenvalue weighted by Gasteiger charge is -2.37. The van der Waals surface area contributed by atoms with Crippen molar-refractivity contribution in [2.45, 2.75) is 57.5 Å². The van der Waals surface area contributed by atoms with Crippen LogP contribution in [0.25, 0.3) is 10.9 Å². The number of likely N-dealkylation sites (tertiary alicyclic amines) is 1. The highest BCUT2D eigenvalue weighted by molar-refractivity contribution is 7.10. The number of aromatic amines is 1. The van der Waals surface area contributed by atoms with Crippen LogP contribution in [0.5, 0.6) is 0 Å². The SMILES string of the molecule is CCC1CCCCN1C(=O)C(C)NCC(c1cccs1)c1c[nH]c2ccccc12. The predicted molar refractivity (Wildman–Crippen MR) is 122 cm³/mol. The van der Waals surface area contributed by atoms with Gasteiger partial charge < -0.3 is 15.2 Å². The quantitative estimate of drug-likeness (QED) is 0.568. The lowest BCUT2D eigenvalue weighted by molar-refractivity contribution is -0.136. The zero-order valence-electron chi connectivity index (χ0n) is 17.4. The molecule has 1 saturated heterocycles. The molecule has 0 radical (unpaired) electrons. The summed E-state index contributed by atoms with van der Waals surface area (Å²) in [5.41, 5.74) is 2.45. The van der Waals surface area contributed by atoms with Crippen LogP contribution in [-0.4, -0.2) is 41.0 Å². The number of nitrogens with zero attached hydrogens (tertiary/aromatic N) is 1. The monoisotopic (exact) mass is 409 g/mol. The molecule has 3 atom stereocenters. The number of fused-ring (bicyclic) bond motifs is 1. The molecule has 4 rings (SSSR count). The lowest BCUT2D eigenvalue weighted by Crippen LogP contribution is -2.51. The number of benzene rings is 1. The molecule has 154 valence electrons. The summed E-state index contributed by atoms with van der Waals surface area (Å²) in [5, 5.41) is 6.96. The van der Waals surface area contributed by atoms with Crippen molar-refractivity contribution < 1.29 is 4.79 Å². The zero-order chi connectivity index (χ0) is 20.2. The van der Waals surface area contributed by atoms with Crippen molar-refractivity contribution in [3.8, 4) is 0 Å². The van der Waals surface area contributed by atoms with E-state index in [1.165, 1.54) is 22.2 Å². The Balaban J connectivity index is 1.51. The summed E-state index contributed by atoms with van der Waals surface area (Å²) in [7, 11) is 0. The van der Waals surface area contributed by atoms with E-state index in [2.05, 4.69) is 70.1 Å². The Morgan fingerprint density at radius 2 is 2.14 bits per heavy atom. The smallest absolute Gasteiger partial charge is 0.239 e. The number of nitrogens with one attached hydrogen (secondary N) is 2. The molecule has 1 amide bonds.